The Hall–Kier alpha value is -0.560. The standard InChI is InChI=1S/C10H6BrCl2N3OS/c11-6-2-7(12)5(1-8(6)13)3-14-16-10-15-9(17)4-18-10/h1-3H,4H2,(H,15,16,17). The molecule has 0 aromatic heterocycles. The fourth-order valence-electron chi connectivity index (χ4n) is 1.16. The zero-order valence-corrected chi connectivity index (χ0v) is 12.7. The van der Waals surface area contributed by atoms with Crippen molar-refractivity contribution in [2.75, 3.05) is 5.75 Å². The van der Waals surface area contributed by atoms with E-state index in [1.165, 1.54) is 18.0 Å². The van der Waals surface area contributed by atoms with Crippen molar-refractivity contribution in [1.82, 2.24) is 5.32 Å². The summed E-state index contributed by atoms with van der Waals surface area (Å²) >= 11 is 16.5. The summed E-state index contributed by atoms with van der Waals surface area (Å²) in [6.45, 7) is 0. The van der Waals surface area contributed by atoms with Gasteiger partial charge in [0.15, 0.2) is 5.17 Å². The Balaban J connectivity index is 2.14. The number of amides is 1. The molecular formula is C10H6BrCl2N3OS. The first-order chi connectivity index (χ1) is 8.56. The number of hydrogen-bond acceptors (Lipinski definition) is 4. The molecule has 0 spiro atoms. The Kier molecular flexibility index (Phi) is 4.66. The normalized spacial score (nSPS) is 17.7. The summed E-state index contributed by atoms with van der Waals surface area (Å²) in [7, 11) is 0. The second kappa shape index (κ2) is 6.06. The van der Waals surface area contributed by atoms with E-state index in [2.05, 4.69) is 31.4 Å². The Bertz CT molecular complexity index is 562. The van der Waals surface area contributed by atoms with E-state index in [-0.39, 0.29) is 5.91 Å². The third-order valence-corrected chi connectivity index (χ3v) is 4.36. The minimum Gasteiger partial charge on any atom is -0.303 e. The van der Waals surface area contributed by atoms with Crippen molar-refractivity contribution in [3.63, 3.8) is 0 Å². The van der Waals surface area contributed by atoms with Crippen LogP contribution in [-0.2, 0) is 4.79 Å². The molecule has 1 fully saturated rings. The Labute approximate surface area is 126 Å². The van der Waals surface area contributed by atoms with Gasteiger partial charge in [-0.2, -0.15) is 5.10 Å². The highest BCUT2D eigenvalue weighted by Crippen LogP contribution is 2.28. The van der Waals surface area contributed by atoms with Gasteiger partial charge < -0.3 is 5.32 Å². The zero-order chi connectivity index (χ0) is 13.1. The van der Waals surface area contributed by atoms with E-state index < -0.39 is 0 Å². The second-order valence-electron chi connectivity index (χ2n) is 3.27. The van der Waals surface area contributed by atoms with Gasteiger partial charge in [-0.05, 0) is 28.1 Å². The number of carbonyl (C=O) groups excluding carboxylic acids is 1. The molecule has 0 radical (unpaired) electrons. The largest absolute Gasteiger partial charge is 0.303 e. The summed E-state index contributed by atoms with van der Waals surface area (Å²) in [5.74, 6) is 0.304. The summed E-state index contributed by atoms with van der Waals surface area (Å²) in [6.07, 6.45) is 1.48. The lowest BCUT2D eigenvalue weighted by atomic mass is 10.2. The van der Waals surface area contributed by atoms with Crippen LogP contribution in [0.25, 0.3) is 0 Å². The molecule has 1 aliphatic rings. The second-order valence-corrected chi connectivity index (χ2v) is 5.91. The molecule has 1 aliphatic heterocycles. The predicted molar refractivity (Wildman–Crippen MR) is 79.8 cm³/mol. The SMILES string of the molecule is O=C1CSC(=NN=Cc2cc(Cl)c(Br)cc2Cl)N1. The van der Waals surface area contributed by atoms with Crippen molar-refractivity contribution in [3.8, 4) is 0 Å². The van der Waals surface area contributed by atoms with Crippen LogP contribution in [0, 0.1) is 0 Å². The van der Waals surface area contributed by atoms with Crippen LogP contribution in [0.2, 0.25) is 10.0 Å². The van der Waals surface area contributed by atoms with Crippen molar-refractivity contribution in [1.29, 1.82) is 0 Å². The zero-order valence-electron chi connectivity index (χ0n) is 8.78. The van der Waals surface area contributed by atoms with Gasteiger partial charge in [-0.1, -0.05) is 35.0 Å². The van der Waals surface area contributed by atoms with Crippen LogP contribution in [0.15, 0.2) is 26.8 Å². The highest BCUT2D eigenvalue weighted by Gasteiger charge is 2.15. The highest BCUT2D eigenvalue weighted by atomic mass is 79.9. The van der Waals surface area contributed by atoms with Crippen molar-refractivity contribution in [3.05, 3.63) is 32.2 Å². The number of hydrogen-bond donors (Lipinski definition) is 1. The van der Waals surface area contributed by atoms with Crippen LogP contribution < -0.4 is 5.32 Å². The third kappa shape index (κ3) is 3.47. The molecule has 1 amide bonds. The fourth-order valence-corrected chi connectivity index (χ4v) is 2.65. The average molecular weight is 367 g/mol. The van der Waals surface area contributed by atoms with E-state index in [1.54, 1.807) is 12.1 Å². The number of carbonyl (C=O) groups is 1. The maximum Gasteiger partial charge on any atom is 0.236 e. The summed E-state index contributed by atoms with van der Waals surface area (Å²) in [5, 5.41) is 11.8. The minimum absolute atomic E-state index is 0.0707. The summed E-state index contributed by atoms with van der Waals surface area (Å²) in [4.78, 5) is 10.9. The van der Waals surface area contributed by atoms with Crippen LogP contribution in [0.1, 0.15) is 5.56 Å². The minimum atomic E-state index is -0.0707. The van der Waals surface area contributed by atoms with Gasteiger partial charge >= 0.3 is 0 Å². The van der Waals surface area contributed by atoms with Gasteiger partial charge in [0, 0.05) is 10.0 Å². The van der Waals surface area contributed by atoms with E-state index in [0.29, 0.717) is 26.5 Å². The van der Waals surface area contributed by atoms with Crippen LogP contribution in [-0.4, -0.2) is 23.0 Å². The fraction of sp³-hybridized carbons (Fsp3) is 0.100. The van der Waals surface area contributed by atoms with Crippen molar-refractivity contribution < 1.29 is 4.79 Å². The van der Waals surface area contributed by atoms with Gasteiger partial charge in [0.25, 0.3) is 0 Å². The van der Waals surface area contributed by atoms with E-state index in [1.807, 2.05) is 0 Å². The van der Waals surface area contributed by atoms with Crippen molar-refractivity contribution in [2.45, 2.75) is 0 Å². The molecule has 0 atom stereocenters. The van der Waals surface area contributed by atoms with Crippen LogP contribution >= 0.6 is 50.9 Å². The summed E-state index contributed by atoms with van der Waals surface area (Å²) in [5.41, 5.74) is 0.656. The third-order valence-electron chi connectivity index (χ3n) is 1.97. The van der Waals surface area contributed by atoms with Crippen LogP contribution in [0.4, 0.5) is 0 Å². The summed E-state index contributed by atoms with van der Waals surface area (Å²) in [6, 6.07) is 3.36. The Morgan fingerprint density at radius 1 is 1.39 bits per heavy atom. The molecule has 94 valence electrons. The quantitative estimate of drug-likeness (QED) is 0.496. The van der Waals surface area contributed by atoms with E-state index in [4.69, 9.17) is 23.2 Å². The number of rotatable bonds is 2. The molecule has 18 heavy (non-hydrogen) atoms. The first-order valence-electron chi connectivity index (χ1n) is 4.74. The first kappa shape index (κ1) is 13.9. The van der Waals surface area contributed by atoms with Crippen LogP contribution in [0.3, 0.4) is 0 Å². The molecule has 8 heteroatoms. The van der Waals surface area contributed by atoms with E-state index in [9.17, 15) is 4.79 Å². The van der Waals surface area contributed by atoms with Crippen molar-refractivity contribution in [2.24, 2.45) is 10.2 Å². The molecule has 1 saturated heterocycles. The lowest BCUT2D eigenvalue weighted by Crippen LogP contribution is -2.19. The molecule has 0 saturated carbocycles. The molecule has 0 bridgehead atoms. The number of nitrogens with one attached hydrogen (secondary N) is 1. The lowest BCUT2D eigenvalue weighted by Gasteiger charge is -2.00. The van der Waals surface area contributed by atoms with E-state index in [0.717, 1.165) is 4.47 Å². The van der Waals surface area contributed by atoms with Crippen molar-refractivity contribution >= 4 is 68.2 Å². The lowest BCUT2D eigenvalue weighted by molar-refractivity contribution is -0.116. The molecule has 1 N–H and O–H groups in total. The van der Waals surface area contributed by atoms with Crippen LogP contribution in [0.5, 0.6) is 0 Å². The molecule has 1 aromatic carbocycles. The highest BCUT2D eigenvalue weighted by molar-refractivity contribution is 9.10. The van der Waals surface area contributed by atoms with Gasteiger partial charge in [-0.3, -0.25) is 4.79 Å². The number of benzene rings is 1. The number of amidine groups is 1. The maximum atomic E-state index is 10.9. The number of nitrogens with zero attached hydrogens (tertiary/aromatic N) is 2. The molecular weight excluding hydrogens is 361 g/mol. The first-order valence-corrected chi connectivity index (χ1v) is 7.28. The molecule has 1 aromatic rings. The molecule has 4 nitrogen and oxygen atoms in total. The molecule has 0 unspecified atom stereocenters. The Morgan fingerprint density at radius 3 is 2.83 bits per heavy atom. The smallest absolute Gasteiger partial charge is 0.236 e. The predicted octanol–water partition coefficient (Wildman–Crippen LogP) is 3.31. The van der Waals surface area contributed by atoms with Gasteiger partial charge in [0.05, 0.1) is 22.0 Å². The number of thioether (sulfide) groups is 1. The van der Waals surface area contributed by atoms with Gasteiger partial charge in [0.1, 0.15) is 0 Å². The van der Waals surface area contributed by atoms with Gasteiger partial charge in [-0.15, -0.1) is 5.10 Å². The van der Waals surface area contributed by atoms with E-state index >= 15 is 0 Å². The topological polar surface area (TPSA) is 53.8 Å². The average Bonchev–Trinajstić information content (AvgIpc) is 2.71. The monoisotopic (exact) mass is 365 g/mol. The van der Waals surface area contributed by atoms with Gasteiger partial charge in [-0.25, -0.2) is 0 Å². The van der Waals surface area contributed by atoms with Gasteiger partial charge in [0.2, 0.25) is 5.91 Å². The molecule has 1 heterocycles. The Morgan fingerprint density at radius 2 is 2.17 bits per heavy atom. The molecule has 2 rings (SSSR count). The maximum absolute atomic E-state index is 10.9. The summed E-state index contributed by atoms with van der Waals surface area (Å²) < 4.78 is 0.719. The molecule has 0 aliphatic carbocycles. The number of halogens is 3.